The SMILES string of the molecule is CCOc1ccc(Nc2cc(Nc3ccccc3CC)nc(C)n2)cc1. The first-order valence-electron chi connectivity index (χ1n) is 8.88. The Labute approximate surface area is 154 Å². The van der Waals surface area contributed by atoms with E-state index in [9.17, 15) is 0 Å². The molecule has 0 aliphatic rings. The molecule has 1 aromatic heterocycles. The van der Waals surface area contributed by atoms with Gasteiger partial charge in [0.15, 0.2) is 0 Å². The van der Waals surface area contributed by atoms with Crippen LogP contribution in [0.3, 0.4) is 0 Å². The molecule has 0 aliphatic heterocycles. The van der Waals surface area contributed by atoms with Crippen molar-refractivity contribution in [1.82, 2.24) is 9.97 Å². The number of hydrogen-bond acceptors (Lipinski definition) is 5. The molecule has 0 bridgehead atoms. The second kappa shape index (κ2) is 8.34. The monoisotopic (exact) mass is 348 g/mol. The molecule has 3 aromatic rings. The smallest absolute Gasteiger partial charge is 0.136 e. The second-order valence-corrected chi connectivity index (χ2v) is 5.90. The van der Waals surface area contributed by atoms with E-state index in [4.69, 9.17) is 4.74 Å². The zero-order valence-corrected chi connectivity index (χ0v) is 15.4. The normalized spacial score (nSPS) is 10.4. The van der Waals surface area contributed by atoms with E-state index in [0.717, 1.165) is 35.2 Å². The fourth-order valence-corrected chi connectivity index (χ4v) is 2.73. The maximum absolute atomic E-state index is 5.47. The minimum atomic E-state index is 0.659. The lowest BCUT2D eigenvalue weighted by atomic mass is 10.1. The van der Waals surface area contributed by atoms with E-state index < -0.39 is 0 Å². The van der Waals surface area contributed by atoms with Crippen LogP contribution in [-0.4, -0.2) is 16.6 Å². The van der Waals surface area contributed by atoms with Crippen molar-refractivity contribution in [3.63, 3.8) is 0 Å². The lowest BCUT2D eigenvalue weighted by Crippen LogP contribution is -2.02. The number of para-hydroxylation sites is 1. The van der Waals surface area contributed by atoms with Gasteiger partial charge in [-0.05, 0) is 56.2 Å². The van der Waals surface area contributed by atoms with E-state index in [0.29, 0.717) is 12.4 Å². The Hall–Kier alpha value is -3.08. The number of nitrogens with zero attached hydrogens (tertiary/aromatic N) is 2. The first kappa shape index (κ1) is 17.7. The van der Waals surface area contributed by atoms with Crippen LogP contribution in [0.4, 0.5) is 23.0 Å². The molecule has 0 radical (unpaired) electrons. The van der Waals surface area contributed by atoms with Gasteiger partial charge in [-0.3, -0.25) is 0 Å². The predicted molar refractivity (Wildman–Crippen MR) is 107 cm³/mol. The van der Waals surface area contributed by atoms with Gasteiger partial charge >= 0.3 is 0 Å². The summed E-state index contributed by atoms with van der Waals surface area (Å²) >= 11 is 0. The van der Waals surface area contributed by atoms with Crippen LogP contribution in [0.1, 0.15) is 25.2 Å². The quantitative estimate of drug-likeness (QED) is 0.612. The third-order valence-electron chi connectivity index (χ3n) is 3.94. The number of nitrogens with one attached hydrogen (secondary N) is 2. The molecule has 2 aromatic carbocycles. The average Bonchev–Trinajstić information content (AvgIpc) is 2.63. The van der Waals surface area contributed by atoms with Gasteiger partial charge in [-0.1, -0.05) is 25.1 Å². The van der Waals surface area contributed by atoms with Gasteiger partial charge < -0.3 is 15.4 Å². The summed E-state index contributed by atoms with van der Waals surface area (Å²) < 4.78 is 5.47. The van der Waals surface area contributed by atoms with Gasteiger partial charge in [0.05, 0.1) is 6.61 Å². The third kappa shape index (κ3) is 4.51. The summed E-state index contributed by atoms with van der Waals surface area (Å²) in [6.45, 7) is 6.66. The molecule has 0 unspecified atom stereocenters. The maximum atomic E-state index is 5.47. The molecule has 1 heterocycles. The fourth-order valence-electron chi connectivity index (χ4n) is 2.73. The van der Waals surface area contributed by atoms with Crippen LogP contribution in [0.2, 0.25) is 0 Å². The molecule has 3 rings (SSSR count). The first-order valence-corrected chi connectivity index (χ1v) is 8.88. The highest BCUT2D eigenvalue weighted by Crippen LogP contribution is 2.24. The number of aromatic nitrogens is 2. The predicted octanol–water partition coefficient (Wildman–Crippen LogP) is 5.23. The number of hydrogen-bond donors (Lipinski definition) is 2. The lowest BCUT2D eigenvalue weighted by Gasteiger charge is -2.13. The van der Waals surface area contributed by atoms with E-state index in [2.05, 4.69) is 39.7 Å². The topological polar surface area (TPSA) is 59.1 Å². The summed E-state index contributed by atoms with van der Waals surface area (Å²) in [6.07, 6.45) is 0.963. The molecule has 0 atom stereocenters. The highest BCUT2D eigenvalue weighted by molar-refractivity contribution is 5.65. The molecule has 5 nitrogen and oxygen atoms in total. The maximum Gasteiger partial charge on any atom is 0.136 e. The van der Waals surface area contributed by atoms with Crippen LogP contribution >= 0.6 is 0 Å². The van der Waals surface area contributed by atoms with Crippen LogP contribution in [0.25, 0.3) is 0 Å². The van der Waals surface area contributed by atoms with Crippen LogP contribution < -0.4 is 15.4 Å². The summed E-state index contributed by atoms with van der Waals surface area (Å²) in [5, 5.41) is 6.73. The van der Waals surface area contributed by atoms with Gasteiger partial charge in [-0.25, -0.2) is 9.97 Å². The minimum absolute atomic E-state index is 0.659. The molecule has 134 valence electrons. The molecule has 26 heavy (non-hydrogen) atoms. The Bertz CT molecular complexity index is 862. The van der Waals surface area contributed by atoms with Crippen LogP contribution in [-0.2, 0) is 6.42 Å². The van der Waals surface area contributed by atoms with E-state index in [-0.39, 0.29) is 0 Å². The Kier molecular flexibility index (Phi) is 5.69. The van der Waals surface area contributed by atoms with Gasteiger partial charge in [0.2, 0.25) is 0 Å². The summed E-state index contributed by atoms with van der Waals surface area (Å²) in [6, 6.07) is 18.0. The molecule has 2 N–H and O–H groups in total. The first-order chi connectivity index (χ1) is 12.7. The van der Waals surface area contributed by atoms with Gasteiger partial charge in [0, 0.05) is 17.4 Å². The van der Waals surface area contributed by atoms with Gasteiger partial charge in [-0.15, -0.1) is 0 Å². The van der Waals surface area contributed by atoms with Crippen molar-refractivity contribution in [3.05, 3.63) is 66.0 Å². The van der Waals surface area contributed by atoms with Gasteiger partial charge in [0.1, 0.15) is 23.2 Å². The molecular weight excluding hydrogens is 324 g/mol. The fraction of sp³-hybridized carbons (Fsp3) is 0.238. The largest absolute Gasteiger partial charge is 0.494 e. The molecule has 0 saturated heterocycles. The van der Waals surface area contributed by atoms with E-state index in [1.165, 1.54) is 5.56 Å². The average molecular weight is 348 g/mol. The van der Waals surface area contributed by atoms with Gasteiger partial charge in [-0.2, -0.15) is 0 Å². The van der Waals surface area contributed by atoms with Crippen molar-refractivity contribution in [2.75, 3.05) is 17.2 Å². The van der Waals surface area contributed by atoms with Crippen molar-refractivity contribution in [2.45, 2.75) is 27.2 Å². The summed E-state index contributed by atoms with van der Waals surface area (Å²) in [5.74, 6) is 3.08. The molecule has 0 spiro atoms. The molecule has 5 heteroatoms. The van der Waals surface area contributed by atoms with Crippen molar-refractivity contribution < 1.29 is 4.74 Å². The van der Waals surface area contributed by atoms with E-state index in [1.54, 1.807) is 0 Å². The molecule has 0 aliphatic carbocycles. The Balaban J connectivity index is 1.79. The number of anilines is 4. The summed E-state index contributed by atoms with van der Waals surface area (Å²) in [4.78, 5) is 8.98. The van der Waals surface area contributed by atoms with Crippen molar-refractivity contribution in [3.8, 4) is 5.75 Å². The van der Waals surface area contributed by atoms with Crippen LogP contribution in [0.5, 0.6) is 5.75 Å². The minimum Gasteiger partial charge on any atom is -0.494 e. The standard InChI is InChI=1S/C21H24N4O/c1-4-16-8-6-7-9-19(16)25-21-14-20(22-15(3)23-21)24-17-10-12-18(13-11-17)26-5-2/h6-14H,4-5H2,1-3H3,(H2,22,23,24,25). The van der Waals surface area contributed by atoms with Crippen LogP contribution in [0, 0.1) is 6.92 Å². The Morgan fingerprint density at radius 1 is 0.885 bits per heavy atom. The molecule has 0 amide bonds. The zero-order valence-electron chi connectivity index (χ0n) is 15.4. The molecular formula is C21H24N4O. The number of ether oxygens (including phenoxy) is 1. The lowest BCUT2D eigenvalue weighted by molar-refractivity contribution is 0.340. The Morgan fingerprint density at radius 3 is 2.27 bits per heavy atom. The van der Waals surface area contributed by atoms with E-state index in [1.807, 2.05) is 56.3 Å². The highest BCUT2D eigenvalue weighted by Gasteiger charge is 2.06. The van der Waals surface area contributed by atoms with E-state index >= 15 is 0 Å². The van der Waals surface area contributed by atoms with Crippen molar-refractivity contribution in [2.24, 2.45) is 0 Å². The Morgan fingerprint density at radius 2 is 1.58 bits per heavy atom. The van der Waals surface area contributed by atoms with Crippen molar-refractivity contribution >= 4 is 23.0 Å². The number of benzene rings is 2. The molecule has 0 fully saturated rings. The van der Waals surface area contributed by atoms with Crippen LogP contribution in [0.15, 0.2) is 54.6 Å². The number of rotatable bonds is 7. The summed E-state index contributed by atoms with van der Waals surface area (Å²) in [7, 11) is 0. The van der Waals surface area contributed by atoms with Crippen molar-refractivity contribution in [1.29, 1.82) is 0 Å². The van der Waals surface area contributed by atoms with Gasteiger partial charge in [0.25, 0.3) is 0 Å². The zero-order chi connectivity index (χ0) is 18.4. The second-order valence-electron chi connectivity index (χ2n) is 5.90. The third-order valence-corrected chi connectivity index (χ3v) is 3.94. The number of aryl methyl sites for hydroxylation is 2. The molecule has 0 saturated carbocycles. The highest BCUT2D eigenvalue weighted by atomic mass is 16.5. The summed E-state index contributed by atoms with van der Waals surface area (Å²) in [5.41, 5.74) is 3.27.